The summed E-state index contributed by atoms with van der Waals surface area (Å²) in [5, 5.41) is 0.884. The molecule has 0 atom stereocenters. The molecule has 18 heteroatoms. The Kier molecular flexibility index (Phi) is 14.3. The number of aryl methyl sites for hydroxylation is 1. The van der Waals surface area contributed by atoms with Gasteiger partial charge in [-0.1, -0.05) is 158 Å². The smallest absolute Gasteiger partial charge is 0.455 e. The van der Waals surface area contributed by atoms with E-state index in [2.05, 4.69) is 246 Å². The number of ether oxygens (including phenoxy) is 1. The van der Waals surface area contributed by atoms with Gasteiger partial charge in [0.2, 0.25) is 0 Å². The predicted molar refractivity (Wildman–Crippen MR) is 333 cm³/mol. The van der Waals surface area contributed by atoms with Crippen molar-refractivity contribution in [3.63, 3.8) is 0 Å². The zero-order chi connectivity index (χ0) is 56.8. The van der Waals surface area contributed by atoms with Crippen LogP contribution in [0.4, 0.5) is 22.7 Å². The van der Waals surface area contributed by atoms with E-state index in [1.807, 2.05) is 19.3 Å². The van der Waals surface area contributed by atoms with Gasteiger partial charge in [-0.05, 0) is 122 Å². The number of fused-ring (bicyclic) bond motifs is 4. The topological polar surface area (TPSA) is 102 Å². The van der Waals surface area contributed by atoms with Crippen molar-refractivity contribution in [2.24, 2.45) is 0 Å². The average molecular weight is 1070 g/mol. The third kappa shape index (κ3) is 11.1. The van der Waals surface area contributed by atoms with E-state index in [0.29, 0.717) is 18.2 Å². The van der Waals surface area contributed by atoms with Gasteiger partial charge in [-0.3, -0.25) is 9.55 Å². The summed E-state index contributed by atoms with van der Waals surface area (Å²) in [5.41, 5.74) is 11.7. The van der Waals surface area contributed by atoms with E-state index in [1.165, 1.54) is 11.1 Å². The Morgan fingerprint density at radius 2 is 1.02 bits per heavy atom. The van der Waals surface area contributed by atoms with E-state index in [9.17, 15) is 0 Å². The molecule has 0 N–H and O–H groups in total. The van der Waals surface area contributed by atoms with Gasteiger partial charge in [0.1, 0.15) is 18.2 Å². The summed E-state index contributed by atoms with van der Waals surface area (Å²) >= 11 is 0. The van der Waals surface area contributed by atoms with Gasteiger partial charge in [0.05, 0.1) is 40.0 Å². The maximum absolute atomic E-state index is 6.96. The highest BCUT2D eigenvalue weighted by molar-refractivity contribution is 6.83. The number of pyridine rings is 2. The summed E-state index contributed by atoms with van der Waals surface area (Å²) in [6.07, 6.45) is 3.84. The molecule has 5 aromatic carbocycles. The fourth-order valence-corrected chi connectivity index (χ4v) is 10.6. The normalized spacial score (nSPS) is 15.9. The van der Waals surface area contributed by atoms with Crippen LogP contribution in [0.5, 0.6) is 11.5 Å². The summed E-state index contributed by atoms with van der Waals surface area (Å²) in [6.45, 7) is 34.7. The third-order valence-electron chi connectivity index (χ3n) is 15.1. The van der Waals surface area contributed by atoms with Gasteiger partial charge in [-0.2, -0.15) is 0 Å². The maximum atomic E-state index is 6.96. The molecule has 0 saturated carbocycles. The van der Waals surface area contributed by atoms with E-state index < -0.39 is 42.7 Å². The summed E-state index contributed by atoms with van der Waals surface area (Å²) in [5.74, 6) is 2.19. The molecule has 3 aliphatic heterocycles. The molecule has 80 heavy (non-hydrogen) atoms. The van der Waals surface area contributed by atoms with Crippen molar-refractivity contribution in [3.05, 3.63) is 151 Å². The van der Waals surface area contributed by atoms with Gasteiger partial charge >= 0.3 is 42.7 Å². The Balaban J connectivity index is 0.975. The lowest BCUT2D eigenvalue weighted by molar-refractivity contribution is 0.250. The minimum Gasteiger partial charge on any atom is -0.455 e. The van der Waals surface area contributed by atoms with Crippen LogP contribution in [0.25, 0.3) is 38.8 Å². The lowest BCUT2D eigenvalue weighted by Gasteiger charge is -2.42. The predicted octanol–water partition coefficient (Wildman–Crippen LogP) is 14.6. The fourth-order valence-electron chi connectivity index (χ4n) is 10.6. The molecule has 0 aliphatic carbocycles. The van der Waals surface area contributed by atoms with Gasteiger partial charge in [0, 0.05) is 34.8 Å². The zero-order valence-corrected chi connectivity index (χ0v) is 49.5. The van der Waals surface area contributed by atoms with Gasteiger partial charge in [0.25, 0.3) is 0 Å². The van der Waals surface area contributed by atoms with E-state index in [4.69, 9.17) is 42.1 Å². The zero-order valence-electron chi connectivity index (χ0n) is 49.5. The standard InChI is InChI=1S/C62H73B6N5O7/c1-41-56(74-49-27-28-50-51-32-43(42-22-18-17-19-23-42)26-29-52(51)73(55(50)38-49)57-33-44(30-31-69-57)58(2,3)4)37-48(39-70-41)72-40-71(53-24-20-21-25-54(53)72)47-35-45(63-75-65(59(5,6)7)79-66(76-63)60(8,9)10)34-46(36-47)64-77-67(61(11,12)13)80-68(78-64)62(14,15)16/h17-39H,40H2,1-16H3. The van der Waals surface area contributed by atoms with Crippen LogP contribution in [0.15, 0.2) is 140 Å². The van der Waals surface area contributed by atoms with Crippen LogP contribution in [0.3, 0.4) is 0 Å². The van der Waals surface area contributed by atoms with Crippen LogP contribution in [0.2, 0.25) is 21.3 Å². The Labute approximate surface area is 476 Å². The summed E-state index contributed by atoms with van der Waals surface area (Å²) in [7, 11) is -3.70. The molecule has 0 unspecified atom stereocenters. The highest BCUT2D eigenvalue weighted by atomic mass is 16.7. The molecule has 11 rings (SSSR count). The van der Waals surface area contributed by atoms with Gasteiger partial charge in [-0.15, -0.1) is 0 Å². The van der Waals surface area contributed by atoms with E-state index in [0.717, 1.165) is 72.6 Å². The molecule has 12 nitrogen and oxygen atoms in total. The molecule has 2 saturated heterocycles. The van der Waals surface area contributed by atoms with Crippen molar-refractivity contribution in [1.82, 2.24) is 14.5 Å². The largest absolute Gasteiger partial charge is 0.466 e. The Bertz CT molecular complexity index is 3490. The monoisotopic (exact) mass is 1070 g/mol. The second-order valence-corrected chi connectivity index (χ2v) is 27.3. The molecular formula is C62H73B6N5O7. The van der Waals surface area contributed by atoms with Crippen LogP contribution in [0.1, 0.15) is 115 Å². The Hall–Kier alpha value is -6.25. The number of aromatic nitrogens is 3. The number of rotatable bonds is 8. The molecule has 2 fully saturated rings. The van der Waals surface area contributed by atoms with Crippen molar-refractivity contribution in [2.45, 2.75) is 137 Å². The van der Waals surface area contributed by atoms with Crippen molar-refractivity contribution >= 4 is 98.2 Å². The highest BCUT2D eigenvalue weighted by Gasteiger charge is 2.53. The summed E-state index contributed by atoms with van der Waals surface area (Å²) in [6, 6.07) is 44.9. The molecular weight excluding hydrogens is 992 g/mol. The van der Waals surface area contributed by atoms with Crippen molar-refractivity contribution in [1.29, 1.82) is 0 Å². The molecule has 406 valence electrons. The number of benzene rings is 5. The lowest BCUT2D eigenvalue weighted by atomic mass is 9.49. The van der Waals surface area contributed by atoms with Crippen LogP contribution < -0.4 is 25.5 Å². The van der Waals surface area contributed by atoms with Crippen molar-refractivity contribution in [3.8, 4) is 28.4 Å². The number of hydrogen-bond acceptors (Lipinski definition) is 11. The van der Waals surface area contributed by atoms with Crippen LogP contribution in [-0.4, -0.2) is 63.9 Å². The molecule has 6 heterocycles. The van der Waals surface area contributed by atoms with E-state index in [-0.39, 0.29) is 26.7 Å². The van der Waals surface area contributed by atoms with Crippen LogP contribution in [0, 0.1) is 6.92 Å². The first kappa shape index (κ1) is 55.6. The molecule has 0 radical (unpaired) electrons. The number of anilines is 4. The Morgan fingerprint density at radius 1 is 0.475 bits per heavy atom. The summed E-state index contributed by atoms with van der Waals surface area (Å²) in [4.78, 5) is 14.6. The fraction of sp³-hybridized carbons (Fsp3) is 0.355. The quantitative estimate of drug-likeness (QED) is 0.136. The van der Waals surface area contributed by atoms with Crippen LogP contribution in [-0.2, 0) is 32.8 Å². The van der Waals surface area contributed by atoms with Gasteiger partial charge < -0.3 is 42.0 Å². The second kappa shape index (κ2) is 20.6. The number of para-hydroxylation sites is 2. The third-order valence-corrected chi connectivity index (χ3v) is 15.1. The average Bonchev–Trinajstić information content (AvgIpc) is 3.96. The molecule has 0 bridgehead atoms. The maximum Gasteiger partial charge on any atom is 0.466 e. The lowest BCUT2D eigenvalue weighted by Crippen LogP contribution is -2.61. The highest BCUT2D eigenvalue weighted by Crippen LogP contribution is 2.47. The molecule has 0 spiro atoms. The van der Waals surface area contributed by atoms with Crippen molar-refractivity contribution in [2.75, 3.05) is 16.5 Å². The van der Waals surface area contributed by atoms with Gasteiger partial charge in [0.15, 0.2) is 5.75 Å². The minimum atomic E-state index is -0.764. The van der Waals surface area contributed by atoms with E-state index >= 15 is 0 Å². The molecule has 8 aromatic rings. The number of hydrogen-bond donors (Lipinski definition) is 0. The van der Waals surface area contributed by atoms with Gasteiger partial charge in [-0.25, -0.2) is 4.98 Å². The molecule has 0 amide bonds. The first-order chi connectivity index (χ1) is 37.7. The second-order valence-electron chi connectivity index (χ2n) is 27.3. The van der Waals surface area contributed by atoms with Crippen molar-refractivity contribution < 1.29 is 32.2 Å². The first-order valence-electron chi connectivity index (χ1n) is 28.1. The first-order valence-corrected chi connectivity index (χ1v) is 28.1. The van der Waals surface area contributed by atoms with E-state index in [1.54, 1.807) is 0 Å². The van der Waals surface area contributed by atoms with Crippen LogP contribution >= 0.6 is 0 Å². The SMILES string of the molecule is Cc1ncc(N2CN(c3cc(B4OB(C(C)(C)C)OB(C(C)(C)C)O4)cc(B4OB(C(C)(C)C)OB(C(C)(C)C)O4)c3)c3ccccc32)cc1Oc1ccc2c3cc(-c4ccccc4)ccc3n(-c3cc(C(C)(C)C)ccn3)c2c1. The number of nitrogens with zero attached hydrogens (tertiary/aromatic N) is 5. The molecule has 3 aliphatic rings. The Morgan fingerprint density at radius 3 is 1.57 bits per heavy atom. The summed E-state index contributed by atoms with van der Waals surface area (Å²) < 4.78 is 49.5. The minimum absolute atomic E-state index is 0.0671. The molecule has 3 aromatic heterocycles.